The van der Waals surface area contributed by atoms with E-state index in [0.29, 0.717) is 23.4 Å². The number of nitrogens with one attached hydrogen (secondary N) is 1. The maximum absolute atomic E-state index is 14.2. The standard InChI is InChI=1S/C32H41N3O5S/c1-7-25(5)33-32(37)29(8-2)34(21-26-13-12-14-27(20-26)40-6)31(36)22-35(30-19-23(3)17-18-24(30)4)41(38,39)28-15-10-9-11-16-28/h9-20,25,29H,7-8,21-22H2,1-6H3,(H,33,37)/t25-,29+/m1/s1. The van der Waals surface area contributed by atoms with E-state index in [1.54, 1.807) is 37.4 Å². The summed E-state index contributed by atoms with van der Waals surface area (Å²) in [6.45, 7) is 9.05. The van der Waals surface area contributed by atoms with E-state index in [1.807, 2.05) is 65.0 Å². The number of carbonyl (C=O) groups is 2. The first-order chi connectivity index (χ1) is 19.5. The fourth-order valence-electron chi connectivity index (χ4n) is 4.55. The Morgan fingerprint density at radius 2 is 1.63 bits per heavy atom. The smallest absolute Gasteiger partial charge is 0.264 e. The van der Waals surface area contributed by atoms with Crippen molar-refractivity contribution in [2.45, 2.75) is 71.0 Å². The van der Waals surface area contributed by atoms with E-state index < -0.39 is 28.5 Å². The Kier molecular flexibility index (Phi) is 10.9. The van der Waals surface area contributed by atoms with Crippen LogP contribution in [0.15, 0.2) is 77.7 Å². The number of ether oxygens (including phenoxy) is 1. The summed E-state index contributed by atoms with van der Waals surface area (Å²) < 4.78 is 34.6. The summed E-state index contributed by atoms with van der Waals surface area (Å²) in [4.78, 5) is 29.2. The van der Waals surface area contributed by atoms with Gasteiger partial charge in [0.25, 0.3) is 10.0 Å². The SMILES string of the molecule is CC[C@@H](C)NC(=O)[C@H](CC)N(Cc1cccc(OC)c1)C(=O)CN(c1cc(C)ccc1C)S(=O)(=O)c1ccccc1. The molecular formula is C32H41N3O5S. The van der Waals surface area contributed by atoms with Crippen LogP contribution in [-0.2, 0) is 26.2 Å². The maximum atomic E-state index is 14.2. The second-order valence-electron chi connectivity index (χ2n) is 10.2. The van der Waals surface area contributed by atoms with Gasteiger partial charge in [-0.25, -0.2) is 8.42 Å². The number of nitrogens with zero attached hydrogens (tertiary/aromatic N) is 2. The minimum Gasteiger partial charge on any atom is -0.497 e. The third kappa shape index (κ3) is 7.88. The van der Waals surface area contributed by atoms with Crippen molar-refractivity contribution in [2.75, 3.05) is 18.0 Å². The molecular weight excluding hydrogens is 538 g/mol. The van der Waals surface area contributed by atoms with Gasteiger partial charge >= 0.3 is 0 Å². The molecule has 8 nitrogen and oxygen atoms in total. The lowest BCUT2D eigenvalue weighted by Gasteiger charge is -2.34. The molecule has 0 fully saturated rings. The molecule has 220 valence electrons. The molecule has 0 saturated carbocycles. The van der Waals surface area contributed by atoms with Crippen molar-refractivity contribution in [1.82, 2.24) is 10.2 Å². The predicted molar refractivity (Wildman–Crippen MR) is 162 cm³/mol. The van der Waals surface area contributed by atoms with Crippen molar-refractivity contribution in [3.05, 3.63) is 89.5 Å². The van der Waals surface area contributed by atoms with E-state index in [1.165, 1.54) is 17.0 Å². The number of aryl methyl sites for hydroxylation is 2. The zero-order valence-corrected chi connectivity index (χ0v) is 25.6. The minimum atomic E-state index is -4.12. The molecule has 3 aromatic rings. The van der Waals surface area contributed by atoms with Gasteiger partial charge in [0.15, 0.2) is 0 Å². The van der Waals surface area contributed by atoms with E-state index in [-0.39, 0.29) is 23.4 Å². The second-order valence-corrected chi connectivity index (χ2v) is 12.1. The first-order valence-corrected chi connectivity index (χ1v) is 15.3. The Hall–Kier alpha value is -3.85. The molecule has 0 bridgehead atoms. The maximum Gasteiger partial charge on any atom is 0.264 e. The first-order valence-electron chi connectivity index (χ1n) is 13.9. The number of methoxy groups -OCH3 is 1. The zero-order valence-electron chi connectivity index (χ0n) is 24.8. The van der Waals surface area contributed by atoms with Crippen LogP contribution in [0.4, 0.5) is 5.69 Å². The van der Waals surface area contributed by atoms with Crippen LogP contribution in [-0.4, -0.2) is 50.9 Å². The number of carbonyl (C=O) groups excluding carboxylic acids is 2. The van der Waals surface area contributed by atoms with Gasteiger partial charge in [0, 0.05) is 12.6 Å². The van der Waals surface area contributed by atoms with Gasteiger partial charge in [-0.3, -0.25) is 13.9 Å². The van der Waals surface area contributed by atoms with Crippen LogP contribution in [0.25, 0.3) is 0 Å². The molecule has 0 radical (unpaired) electrons. The van der Waals surface area contributed by atoms with Gasteiger partial charge in [0.1, 0.15) is 18.3 Å². The van der Waals surface area contributed by atoms with Crippen molar-refractivity contribution < 1.29 is 22.7 Å². The number of amides is 2. The van der Waals surface area contributed by atoms with Crippen molar-refractivity contribution in [3.63, 3.8) is 0 Å². The summed E-state index contributed by atoms with van der Waals surface area (Å²) in [5.41, 5.74) is 2.75. The minimum absolute atomic E-state index is 0.0739. The topological polar surface area (TPSA) is 96.0 Å². The Labute approximate surface area is 244 Å². The molecule has 0 aliphatic carbocycles. The molecule has 0 unspecified atom stereocenters. The Bertz CT molecular complexity index is 1440. The quantitative estimate of drug-likeness (QED) is 0.299. The van der Waals surface area contributed by atoms with Gasteiger partial charge in [-0.1, -0.05) is 56.3 Å². The van der Waals surface area contributed by atoms with Crippen LogP contribution in [0.5, 0.6) is 5.75 Å². The van der Waals surface area contributed by atoms with E-state index in [0.717, 1.165) is 21.9 Å². The fourth-order valence-corrected chi connectivity index (χ4v) is 6.04. The number of sulfonamides is 1. The molecule has 1 N–H and O–H groups in total. The Balaban J connectivity index is 2.10. The highest BCUT2D eigenvalue weighted by Gasteiger charge is 2.34. The monoisotopic (exact) mass is 579 g/mol. The van der Waals surface area contributed by atoms with Crippen LogP contribution in [0.1, 0.15) is 50.3 Å². The van der Waals surface area contributed by atoms with E-state index >= 15 is 0 Å². The van der Waals surface area contributed by atoms with Crippen molar-refractivity contribution >= 4 is 27.5 Å². The molecule has 3 rings (SSSR count). The normalized spacial score (nSPS) is 12.7. The first kappa shape index (κ1) is 31.7. The third-order valence-electron chi connectivity index (χ3n) is 7.12. The van der Waals surface area contributed by atoms with Gasteiger partial charge in [0.2, 0.25) is 11.8 Å². The van der Waals surface area contributed by atoms with Gasteiger partial charge in [0.05, 0.1) is 17.7 Å². The number of rotatable bonds is 13. The molecule has 3 aromatic carbocycles. The Morgan fingerprint density at radius 3 is 2.27 bits per heavy atom. The molecule has 2 atom stereocenters. The van der Waals surface area contributed by atoms with Gasteiger partial charge < -0.3 is 15.0 Å². The average molecular weight is 580 g/mol. The molecule has 0 heterocycles. The lowest BCUT2D eigenvalue weighted by molar-refractivity contribution is -0.140. The summed E-state index contributed by atoms with van der Waals surface area (Å²) in [6, 6.07) is 20.0. The summed E-state index contributed by atoms with van der Waals surface area (Å²) in [6.07, 6.45) is 1.09. The van der Waals surface area contributed by atoms with Crippen LogP contribution in [0, 0.1) is 13.8 Å². The molecule has 9 heteroatoms. The molecule has 0 aromatic heterocycles. The van der Waals surface area contributed by atoms with Gasteiger partial charge in [-0.15, -0.1) is 0 Å². The predicted octanol–water partition coefficient (Wildman–Crippen LogP) is 5.23. The summed E-state index contributed by atoms with van der Waals surface area (Å²) in [5, 5.41) is 2.99. The second kappa shape index (κ2) is 14.2. The molecule has 0 saturated heterocycles. The van der Waals surface area contributed by atoms with Crippen LogP contribution >= 0.6 is 0 Å². The summed E-state index contributed by atoms with van der Waals surface area (Å²) in [5.74, 6) is -0.141. The molecule has 41 heavy (non-hydrogen) atoms. The van der Waals surface area contributed by atoms with E-state index in [4.69, 9.17) is 4.74 Å². The highest BCUT2D eigenvalue weighted by Crippen LogP contribution is 2.29. The highest BCUT2D eigenvalue weighted by atomic mass is 32.2. The third-order valence-corrected chi connectivity index (χ3v) is 8.89. The van der Waals surface area contributed by atoms with Crippen LogP contribution < -0.4 is 14.4 Å². The molecule has 0 aliphatic heterocycles. The number of benzene rings is 3. The van der Waals surface area contributed by atoms with E-state index in [9.17, 15) is 18.0 Å². The van der Waals surface area contributed by atoms with Crippen LogP contribution in [0.3, 0.4) is 0 Å². The van der Waals surface area contributed by atoms with Crippen molar-refractivity contribution in [1.29, 1.82) is 0 Å². The van der Waals surface area contributed by atoms with Crippen molar-refractivity contribution in [3.8, 4) is 5.75 Å². The number of hydrogen-bond donors (Lipinski definition) is 1. The van der Waals surface area contributed by atoms with Gasteiger partial charge in [-0.2, -0.15) is 0 Å². The zero-order chi connectivity index (χ0) is 30.2. The van der Waals surface area contributed by atoms with Crippen molar-refractivity contribution in [2.24, 2.45) is 0 Å². The lowest BCUT2D eigenvalue weighted by atomic mass is 10.1. The molecule has 0 spiro atoms. The fraction of sp³-hybridized carbons (Fsp3) is 0.375. The average Bonchev–Trinajstić information content (AvgIpc) is 2.97. The summed E-state index contributed by atoms with van der Waals surface area (Å²) >= 11 is 0. The largest absolute Gasteiger partial charge is 0.497 e. The van der Waals surface area contributed by atoms with Crippen LogP contribution in [0.2, 0.25) is 0 Å². The Morgan fingerprint density at radius 1 is 0.927 bits per heavy atom. The highest BCUT2D eigenvalue weighted by molar-refractivity contribution is 7.92. The van der Waals surface area contributed by atoms with E-state index in [2.05, 4.69) is 5.32 Å². The summed E-state index contributed by atoms with van der Waals surface area (Å²) in [7, 11) is -2.55. The number of hydrogen-bond acceptors (Lipinski definition) is 5. The molecule has 0 aliphatic rings. The van der Waals surface area contributed by atoms with Gasteiger partial charge in [-0.05, 0) is 80.6 Å². The number of anilines is 1. The lowest BCUT2D eigenvalue weighted by Crippen LogP contribution is -2.53. The molecule has 2 amide bonds.